The number of halogens is 1. The molecule has 0 amide bonds. The van der Waals surface area contributed by atoms with Crippen molar-refractivity contribution in [3.63, 3.8) is 0 Å². The van der Waals surface area contributed by atoms with Gasteiger partial charge >= 0.3 is 0 Å². The molecule has 0 saturated heterocycles. The van der Waals surface area contributed by atoms with Crippen molar-refractivity contribution in [3.8, 4) is 0 Å². The second-order valence-corrected chi connectivity index (χ2v) is 6.03. The molecule has 0 unspecified atom stereocenters. The molecule has 120 valence electrons. The van der Waals surface area contributed by atoms with E-state index in [2.05, 4.69) is 41.0 Å². The molecule has 2 heterocycles. The third-order valence-corrected chi connectivity index (χ3v) is 4.16. The zero-order valence-electron chi connectivity index (χ0n) is 13.6. The van der Waals surface area contributed by atoms with E-state index in [1.807, 2.05) is 12.1 Å². The summed E-state index contributed by atoms with van der Waals surface area (Å²) in [6.07, 6.45) is 5.79. The van der Waals surface area contributed by atoms with Gasteiger partial charge in [-0.1, -0.05) is 25.4 Å². The first-order valence-corrected chi connectivity index (χ1v) is 8.41. The van der Waals surface area contributed by atoms with Gasteiger partial charge in [0.1, 0.15) is 5.52 Å². The lowest BCUT2D eigenvalue weighted by Gasteiger charge is -2.20. The van der Waals surface area contributed by atoms with E-state index in [0.717, 1.165) is 42.8 Å². The summed E-state index contributed by atoms with van der Waals surface area (Å²) in [6.45, 7) is 10.0. The van der Waals surface area contributed by atoms with E-state index in [4.69, 9.17) is 11.6 Å². The third kappa shape index (κ3) is 4.55. The van der Waals surface area contributed by atoms with Crippen LogP contribution in [0.1, 0.15) is 33.6 Å². The lowest BCUT2D eigenvalue weighted by atomic mass is 10.1. The molecular weight excluding hydrogens is 296 g/mol. The van der Waals surface area contributed by atoms with E-state index in [9.17, 15) is 0 Å². The van der Waals surface area contributed by atoms with Crippen LogP contribution in [-0.4, -0.2) is 40.5 Å². The Balaban J connectivity index is 1.95. The minimum absolute atomic E-state index is 0.402. The summed E-state index contributed by atoms with van der Waals surface area (Å²) in [5.41, 5.74) is 2.73. The number of rotatable bonds is 8. The van der Waals surface area contributed by atoms with Crippen molar-refractivity contribution in [3.05, 3.63) is 29.5 Å². The molecule has 0 bridgehead atoms. The first-order valence-electron chi connectivity index (χ1n) is 8.03. The Morgan fingerprint density at radius 1 is 1.27 bits per heavy atom. The number of nitrogens with zero attached hydrogens (tertiary/aromatic N) is 3. The molecule has 0 aliphatic rings. The van der Waals surface area contributed by atoms with Crippen molar-refractivity contribution in [1.29, 1.82) is 0 Å². The lowest BCUT2D eigenvalue weighted by molar-refractivity contribution is 0.295. The van der Waals surface area contributed by atoms with Gasteiger partial charge in [-0.05, 0) is 51.5 Å². The van der Waals surface area contributed by atoms with Gasteiger partial charge in [-0.2, -0.15) is 0 Å². The highest BCUT2D eigenvalue weighted by Crippen LogP contribution is 2.22. The average Bonchev–Trinajstić information content (AvgIpc) is 2.51. The number of aromatic nitrogens is 2. The van der Waals surface area contributed by atoms with Gasteiger partial charge in [-0.3, -0.25) is 9.97 Å². The van der Waals surface area contributed by atoms with Crippen molar-refractivity contribution in [2.45, 2.75) is 39.7 Å². The highest BCUT2D eigenvalue weighted by Gasteiger charge is 2.08. The maximum absolute atomic E-state index is 5.97. The molecule has 0 aliphatic carbocycles. The number of pyridine rings is 2. The molecule has 22 heavy (non-hydrogen) atoms. The molecule has 1 atom stereocenters. The zero-order chi connectivity index (χ0) is 15.9. The van der Waals surface area contributed by atoms with Crippen LogP contribution in [0.25, 0.3) is 11.0 Å². The van der Waals surface area contributed by atoms with Gasteiger partial charge in [0, 0.05) is 18.4 Å². The predicted octanol–water partition coefficient (Wildman–Crippen LogP) is 4.21. The van der Waals surface area contributed by atoms with Crippen molar-refractivity contribution >= 4 is 28.3 Å². The molecule has 0 fully saturated rings. The van der Waals surface area contributed by atoms with E-state index in [1.165, 1.54) is 6.42 Å². The van der Waals surface area contributed by atoms with Gasteiger partial charge in [0.25, 0.3) is 0 Å². The van der Waals surface area contributed by atoms with Crippen LogP contribution < -0.4 is 5.32 Å². The third-order valence-electron chi connectivity index (χ3n) is 3.95. The minimum atomic E-state index is 0.402. The van der Waals surface area contributed by atoms with Crippen LogP contribution in [0.3, 0.4) is 0 Å². The number of fused-ring (bicyclic) bond motifs is 1. The lowest BCUT2D eigenvalue weighted by Crippen LogP contribution is -2.25. The summed E-state index contributed by atoms with van der Waals surface area (Å²) in [7, 11) is 0. The Bertz CT molecular complexity index is 598. The summed E-state index contributed by atoms with van der Waals surface area (Å²) in [5.74, 6) is 0. The van der Waals surface area contributed by atoms with Crippen LogP contribution >= 0.6 is 11.6 Å². The fourth-order valence-corrected chi connectivity index (χ4v) is 2.77. The number of nitrogens with one attached hydrogen (secondary N) is 1. The molecule has 2 aromatic heterocycles. The molecule has 2 rings (SSSR count). The Labute approximate surface area is 137 Å². The summed E-state index contributed by atoms with van der Waals surface area (Å²) in [5, 5.41) is 4.17. The fraction of sp³-hybridized carbons (Fsp3) is 0.529. The van der Waals surface area contributed by atoms with Crippen LogP contribution in [0.5, 0.6) is 0 Å². The van der Waals surface area contributed by atoms with Gasteiger partial charge in [0.15, 0.2) is 0 Å². The topological polar surface area (TPSA) is 41.0 Å². The Morgan fingerprint density at radius 3 is 2.77 bits per heavy atom. The molecule has 0 spiro atoms. The van der Waals surface area contributed by atoms with E-state index >= 15 is 0 Å². The summed E-state index contributed by atoms with van der Waals surface area (Å²) in [6, 6.07) is 4.23. The van der Waals surface area contributed by atoms with Crippen molar-refractivity contribution in [2.24, 2.45) is 0 Å². The molecule has 5 heteroatoms. The van der Waals surface area contributed by atoms with Crippen LogP contribution in [0.15, 0.2) is 24.5 Å². The second kappa shape index (κ2) is 8.30. The molecular formula is C17H25ClN4. The Hall–Kier alpha value is -1.39. The molecule has 2 aromatic rings. The summed E-state index contributed by atoms with van der Waals surface area (Å²) in [4.78, 5) is 11.2. The van der Waals surface area contributed by atoms with Crippen molar-refractivity contribution in [2.75, 3.05) is 25.0 Å². The molecule has 0 aromatic carbocycles. The van der Waals surface area contributed by atoms with Crippen molar-refractivity contribution in [1.82, 2.24) is 14.9 Å². The van der Waals surface area contributed by atoms with Gasteiger partial charge < -0.3 is 10.2 Å². The standard InChI is InChI=1S/C17H25ClN4/c1-4-22(5-2)10-6-7-13(3)21-15-8-9-19-16-11-14(18)12-20-17(15)16/h8-9,11-13H,4-7,10H2,1-3H3,(H,19,21)/t13-/m0/s1. The van der Waals surface area contributed by atoms with E-state index < -0.39 is 0 Å². The first-order chi connectivity index (χ1) is 10.6. The molecule has 0 radical (unpaired) electrons. The monoisotopic (exact) mass is 320 g/mol. The second-order valence-electron chi connectivity index (χ2n) is 5.59. The van der Waals surface area contributed by atoms with Crippen LogP contribution in [0.2, 0.25) is 5.02 Å². The number of anilines is 1. The van der Waals surface area contributed by atoms with E-state index in [-0.39, 0.29) is 0 Å². The fourth-order valence-electron chi connectivity index (χ4n) is 2.62. The smallest absolute Gasteiger partial charge is 0.112 e. The van der Waals surface area contributed by atoms with Gasteiger partial charge in [-0.25, -0.2) is 0 Å². The van der Waals surface area contributed by atoms with Gasteiger partial charge in [0.2, 0.25) is 0 Å². The average molecular weight is 321 g/mol. The van der Waals surface area contributed by atoms with Crippen LogP contribution in [0.4, 0.5) is 5.69 Å². The number of hydrogen-bond donors (Lipinski definition) is 1. The first kappa shape index (κ1) is 17.0. The molecule has 0 saturated carbocycles. The van der Waals surface area contributed by atoms with Crippen LogP contribution in [-0.2, 0) is 0 Å². The highest BCUT2D eigenvalue weighted by molar-refractivity contribution is 6.31. The molecule has 0 aliphatic heterocycles. The van der Waals surface area contributed by atoms with Gasteiger partial charge in [-0.15, -0.1) is 0 Å². The summed E-state index contributed by atoms with van der Waals surface area (Å²) >= 11 is 5.97. The molecule has 4 nitrogen and oxygen atoms in total. The zero-order valence-corrected chi connectivity index (χ0v) is 14.4. The maximum Gasteiger partial charge on any atom is 0.112 e. The quantitative estimate of drug-likeness (QED) is 0.791. The van der Waals surface area contributed by atoms with Gasteiger partial charge in [0.05, 0.1) is 16.2 Å². The minimum Gasteiger partial charge on any atom is -0.381 e. The Morgan fingerprint density at radius 2 is 2.05 bits per heavy atom. The number of hydrogen-bond acceptors (Lipinski definition) is 4. The van der Waals surface area contributed by atoms with E-state index in [0.29, 0.717) is 11.1 Å². The Kier molecular flexibility index (Phi) is 6.40. The SMILES string of the molecule is CCN(CC)CCC[C@H](C)Nc1ccnc2cc(Cl)cnc12. The van der Waals surface area contributed by atoms with Crippen LogP contribution in [0, 0.1) is 0 Å². The largest absolute Gasteiger partial charge is 0.381 e. The summed E-state index contributed by atoms with van der Waals surface area (Å²) < 4.78 is 0. The van der Waals surface area contributed by atoms with Crippen molar-refractivity contribution < 1.29 is 0 Å². The van der Waals surface area contributed by atoms with E-state index in [1.54, 1.807) is 12.4 Å². The highest BCUT2D eigenvalue weighted by atomic mass is 35.5. The maximum atomic E-state index is 5.97. The predicted molar refractivity (Wildman–Crippen MR) is 94.7 cm³/mol. The molecule has 1 N–H and O–H groups in total. The normalized spacial score (nSPS) is 12.8.